The van der Waals surface area contributed by atoms with Crippen molar-refractivity contribution in [3.05, 3.63) is 70.7 Å². The largest absolute Gasteiger partial charge is 0.416 e. The monoisotopic (exact) mass is 376 g/mol. The van der Waals surface area contributed by atoms with Gasteiger partial charge in [0.25, 0.3) is 0 Å². The molecule has 1 N–H and O–H groups in total. The zero-order valence-electron chi connectivity index (χ0n) is 13.8. The molecule has 0 radical (unpaired) electrons. The van der Waals surface area contributed by atoms with Gasteiger partial charge in [0, 0.05) is 16.6 Å². The third kappa shape index (κ3) is 4.49. The SMILES string of the molecule is Cc1cccc(-c2nc(CC(=O)Nc3cccc(C(F)(F)F)c3)cs2)c1. The number of alkyl halides is 3. The number of carbonyl (C=O) groups excluding carboxylic acids is 1. The molecule has 3 rings (SSSR count). The zero-order chi connectivity index (χ0) is 18.7. The highest BCUT2D eigenvalue weighted by atomic mass is 32.1. The Morgan fingerprint density at radius 1 is 1.15 bits per heavy atom. The Bertz CT molecular complexity index is 934. The molecule has 1 aromatic heterocycles. The summed E-state index contributed by atoms with van der Waals surface area (Å²) in [6.45, 7) is 1.99. The van der Waals surface area contributed by atoms with Gasteiger partial charge in [0.1, 0.15) is 5.01 Å². The highest BCUT2D eigenvalue weighted by molar-refractivity contribution is 7.13. The fourth-order valence-corrected chi connectivity index (χ4v) is 3.26. The minimum atomic E-state index is -4.45. The van der Waals surface area contributed by atoms with Crippen molar-refractivity contribution in [2.75, 3.05) is 5.32 Å². The van der Waals surface area contributed by atoms with Crippen LogP contribution < -0.4 is 5.32 Å². The first kappa shape index (κ1) is 18.1. The first-order valence-electron chi connectivity index (χ1n) is 7.80. The van der Waals surface area contributed by atoms with Crippen molar-refractivity contribution >= 4 is 22.9 Å². The molecule has 0 unspecified atom stereocenters. The Hall–Kier alpha value is -2.67. The first-order valence-corrected chi connectivity index (χ1v) is 8.68. The zero-order valence-corrected chi connectivity index (χ0v) is 14.6. The number of nitrogens with zero attached hydrogens (tertiary/aromatic N) is 1. The Kier molecular flexibility index (Phi) is 5.08. The lowest BCUT2D eigenvalue weighted by Crippen LogP contribution is -2.15. The van der Waals surface area contributed by atoms with Gasteiger partial charge in [0.2, 0.25) is 5.91 Å². The van der Waals surface area contributed by atoms with Crippen LogP contribution in [0.1, 0.15) is 16.8 Å². The minimum Gasteiger partial charge on any atom is -0.326 e. The smallest absolute Gasteiger partial charge is 0.326 e. The molecule has 0 fully saturated rings. The van der Waals surface area contributed by atoms with Gasteiger partial charge in [-0.1, -0.05) is 29.8 Å². The van der Waals surface area contributed by atoms with Crippen LogP contribution in [0.3, 0.4) is 0 Å². The number of benzene rings is 2. The topological polar surface area (TPSA) is 42.0 Å². The van der Waals surface area contributed by atoms with Crippen LogP contribution in [0.5, 0.6) is 0 Å². The first-order chi connectivity index (χ1) is 12.3. The van der Waals surface area contributed by atoms with E-state index in [0.717, 1.165) is 28.3 Å². The lowest BCUT2D eigenvalue weighted by atomic mass is 10.1. The average Bonchev–Trinajstić information content (AvgIpc) is 3.02. The van der Waals surface area contributed by atoms with Crippen molar-refractivity contribution in [2.45, 2.75) is 19.5 Å². The molecule has 3 aromatic rings. The van der Waals surface area contributed by atoms with E-state index in [9.17, 15) is 18.0 Å². The number of hydrogen-bond acceptors (Lipinski definition) is 3. The summed E-state index contributed by atoms with van der Waals surface area (Å²) in [6.07, 6.45) is -4.45. The van der Waals surface area contributed by atoms with E-state index >= 15 is 0 Å². The summed E-state index contributed by atoms with van der Waals surface area (Å²) >= 11 is 1.43. The summed E-state index contributed by atoms with van der Waals surface area (Å²) in [7, 11) is 0. The van der Waals surface area contributed by atoms with E-state index in [1.807, 2.05) is 31.2 Å². The molecule has 1 amide bonds. The van der Waals surface area contributed by atoms with Gasteiger partial charge in [0.15, 0.2) is 0 Å². The minimum absolute atomic E-state index is 0.00143. The number of anilines is 1. The number of nitrogens with one attached hydrogen (secondary N) is 1. The van der Waals surface area contributed by atoms with Gasteiger partial charge in [-0.25, -0.2) is 4.98 Å². The summed E-state index contributed by atoms with van der Waals surface area (Å²) in [5.74, 6) is -0.412. The molecule has 26 heavy (non-hydrogen) atoms. The standard InChI is InChI=1S/C19H15F3N2OS/c1-12-4-2-5-13(8-12)18-24-16(11-26-18)10-17(25)23-15-7-3-6-14(9-15)19(20,21)22/h2-9,11H,10H2,1H3,(H,23,25). The maximum absolute atomic E-state index is 12.7. The van der Waals surface area contributed by atoms with Crippen LogP contribution in [0.25, 0.3) is 10.6 Å². The summed E-state index contributed by atoms with van der Waals surface area (Å²) in [4.78, 5) is 16.6. The van der Waals surface area contributed by atoms with E-state index in [1.165, 1.54) is 23.5 Å². The van der Waals surface area contributed by atoms with Crippen molar-refractivity contribution in [1.29, 1.82) is 0 Å². The van der Waals surface area contributed by atoms with Crippen LogP contribution in [0.15, 0.2) is 53.9 Å². The Balaban J connectivity index is 1.68. The molecule has 0 aliphatic rings. The number of aromatic nitrogens is 1. The molecule has 1 heterocycles. The van der Waals surface area contributed by atoms with E-state index < -0.39 is 17.6 Å². The molecule has 0 aliphatic carbocycles. The van der Waals surface area contributed by atoms with Crippen molar-refractivity contribution in [1.82, 2.24) is 4.98 Å². The summed E-state index contributed by atoms with van der Waals surface area (Å²) < 4.78 is 38.2. The highest BCUT2D eigenvalue weighted by Crippen LogP contribution is 2.30. The lowest BCUT2D eigenvalue weighted by Gasteiger charge is -2.09. The second-order valence-corrected chi connectivity index (χ2v) is 6.68. The van der Waals surface area contributed by atoms with Crippen molar-refractivity contribution in [3.63, 3.8) is 0 Å². The second-order valence-electron chi connectivity index (χ2n) is 5.82. The number of rotatable bonds is 4. The van der Waals surface area contributed by atoms with Gasteiger partial charge in [0.05, 0.1) is 17.7 Å². The molecule has 0 saturated heterocycles. The quantitative estimate of drug-likeness (QED) is 0.670. The maximum Gasteiger partial charge on any atom is 0.416 e. The predicted octanol–water partition coefficient (Wildman–Crippen LogP) is 5.32. The molecule has 0 spiro atoms. The number of halogens is 3. The number of hydrogen-bond donors (Lipinski definition) is 1. The van der Waals surface area contributed by atoms with Gasteiger partial charge in [-0.2, -0.15) is 13.2 Å². The molecule has 134 valence electrons. The molecular weight excluding hydrogens is 361 g/mol. The van der Waals surface area contributed by atoms with Crippen LogP contribution in [-0.2, 0) is 17.4 Å². The van der Waals surface area contributed by atoms with E-state index in [1.54, 1.807) is 5.38 Å². The van der Waals surface area contributed by atoms with Gasteiger partial charge >= 0.3 is 6.18 Å². The summed E-state index contributed by atoms with van der Waals surface area (Å²) in [5.41, 5.74) is 1.97. The van der Waals surface area contributed by atoms with Gasteiger partial charge < -0.3 is 5.32 Å². The molecule has 3 nitrogen and oxygen atoms in total. The molecule has 0 bridgehead atoms. The summed E-state index contributed by atoms with van der Waals surface area (Å²) in [6, 6.07) is 12.4. The molecule has 2 aromatic carbocycles. The molecule has 0 aliphatic heterocycles. The van der Waals surface area contributed by atoms with Crippen molar-refractivity contribution in [3.8, 4) is 10.6 Å². The number of thiazole rings is 1. The maximum atomic E-state index is 12.7. The highest BCUT2D eigenvalue weighted by Gasteiger charge is 2.30. The van der Waals surface area contributed by atoms with Gasteiger partial charge in [-0.05, 0) is 31.2 Å². The van der Waals surface area contributed by atoms with Crippen molar-refractivity contribution in [2.24, 2.45) is 0 Å². The van der Waals surface area contributed by atoms with Crippen LogP contribution in [0.4, 0.5) is 18.9 Å². The molecule has 7 heteroatoms. The van der Waals surface area contributed by atoms with E-state index in [-0.39, 0.29) is 12.1 Å². The van der Waals surface area contributed by atoms with Gasteiger partial charge in [-0.3, -0.25) is 4.79 Å². The van der Waals surface area contributed by atoms with E-state index in [4.69, 9.17) is 0 Å². The van der Waals surface area contributed by atoms with E-state index in [0.29, 0.717) is 5.69 Å². The Labute approximate surface area is 152 Å². The third-order valence-electron chi connectivity index (χ3n) is 3.63. The second kappa shape index (κ2) is 7.29. The van der Waals surface area contributed by atoms with Crippen LogP contribution in [-0.4, -0.2) is 10.9 Å². The normalized spacial score (nSPS) is 11.4. The fraction of sp³-hybridized carbons (Fsp3) is 0.158. The molecule has 0 atom stereocenters. The number of aryl methyl sites for hydroxylation is 1. The van der Waals surface area contributed by atoms with Crippen LogP contribution in [0, 0.1) is 6.92 Å². The van der Waals surface area contributed by atoms with Crippen LogP contribution in [0.2, 0.25) is 0 Å². The number of amides is 1. The predicted molar refractivity (Wildman–Crippen MR) is 96.1 cm³/mol. The molecular formula is C19H15F3N2OS. The Morgan fingerprint density at radius 2 is 1.92 bits per heavy atom. The van der Waals surface area contributed by atoms with Crippen LogP contribution >= 0.6 is 11.3 Å². The van der Waals surface area contributed by atoms with Gasteiger partial charge in [-0.15, -0.1) is 11.3 Å². The fourth-order valence-electron chi connectivity index (χ4n) is 2.44. The van der Waals surface area contributed by atoms with E-state index in [2.05, 4.69) is 10.3 Å². The van der Waals surface area contributed by atoms with Crippen molar-refractivity contribution < 1.29 is 18.0 Å². The average molecular weight is 376 g/mol. The third-order valence-corrected chi connectivity index (χ3v) is 4.57. The lowest BCUT2D eigenvalue weighted by molar-refractivity contribution is -0.137. The Morgan fingerprint density at radius 3 is 2.65 bits per heavy atom. The molecule has 0 saturated carbocycles. The summed E-state index contributed by atoms with van der Waals surface area (Å²) in [5, 5.41) is 5.07. The number of carbonyl (C=O) groups is 1.